The number of nitrogens with zero attached hydrogens (tertiary/aromatic N) is 2. The van der Waals surface area contributed by atoms with E-state index in [-0.39, 0.29) is 16.1 Å². The van der Waals surface area contributed by atoms with Crippen LogP contribution >= 0.6 is 11.3 Å². The summed E-state index contributed by atoms with van der Waals surface area (Å²) in [4.78, 5) is 4.55. The van der Waals surface area contributed by atoms with Crippen LogP contribution in [0, 0.1) is 4.84 Å². The van der Waals surface area contributed by atoms with Crippen molar-refractivity contribution < 1.29 is 8.63 Å². The third kappa shape index (κ3) is 2.05. The molecular weight excluding hydrogens is 270 g/mol. The number of aromatic amines is 1. The zero-order valence-electron chi connectivity index (χ0n) is 8.99. The summed E-state index contributed by atoms with van der Waals surface area (Å²) in [6.45, 7) is 0. The second kappa shape index (κ2) is 4.71. The Bertz CT molecular complexity index is 754. The molecule has 1 aromatic carbocycles. The molecule has 0 fully saturated rings. The van der Waals surface area contributed by atoms with Crippen molar-refractivity contribution in [2.45, 2.75) is 0 Å². The number of nitrogens with one attached hydrogen (secondary N) is 1. The van der Waals surface area contributed by atoms with Crippen LogP contribution in [-0.2, 0) is 11.3 Å². The molecular formula is C11H7N3O2S2. The van der Waals surface area contributed by atoms with Crippen LogP contribution in [0.5, 0.6) is 0 Å². The van der Waals surface area contributed by atoms with Crippen LogP contribution in [0.1, 0.15) is 0 Å². The molecule has 0 bridgehead atoms. The van der Waals surface area contributed by atoms with Crippen LogP contribution < -0.4 is 0 Å². The summed E-state index contributed by atoms with van der Waals surface area (Å²) in [5.74, 6) is 0.326. The fraction of sp³-hybridized carbons (Fsp3) is 0. The second-order valence-electron chi connectivity index (χ2n) is 3.41. The summed E-state index contributed by atoms with van der Waals surface area (Å²) in [5, 5.41) is 9.13. The van der Waals surface area contributed by atoms with Gasteiger partial charge in [-0.25, -0.2) is 14.3 Å². The lowest BCUT2D eigenvalue weighted by atomic mass is 10.2. The molecule has 18 heavy (non-hydrogen) atoms. The maximum Gasteiger partial charge on any atom is 0.313 e. The summed E-state index contributed by atoms with van der Waals surface area (Å²) in [7, 11) is 0. The first-order chi connectivity index (χ1) is 8.86. The van der Waals surface area contributed by atoms with Crippen LogP contribution in [0.25, 0.3) is 22.2 Å². The van der Waals surface area contributed by atoms with Crippen molar-refractivity contribution in [2.75, 3.05) is 0 Å². The minimum atomic E-state index is 0.124. The number of aromatic nitrogens is 3. The molecule has 3 aromatic rings. The Morgan fingerprint density at radius 3 is 2.83 bits per heavy atom. The smallest absolute Gasteiger partial charge is 0.313 e. The third-order valence-corrected chi connectivity index (χ3v) is 3.48. The Kier molecular flexibility index (Phi) is 2.91. The fourth-order valence-electron chi connectivity index (χ4n) is 1.46. The zero-order chi connectivity index (χ0) is 12.4. The predicted molar refractivity (Wildman–Crippen MR) is 68.8 cm³/mol. The molecule has 0 spiro atoms. The van der Waals surface area contributed by atoms with Crippen molar-refractivity contribution in [3.8, 4) is 22.2 Å². The highest BCUT2D eigenvalue weighted by atomic mass is 32.1. The first-order valence-electron chi connectivity index (χ1n) is 5.06. The number of benzene rings is 1. The first-order valence-corrected chi connectivity index (χ1v) is 6.68. The molecule has 2 aromatic heterocycles. The maximum atomic E-state index is 10.5. The first kappa shape index (κ1) is 11.1. The summed E-state index contributed by atoms with van der Waals surface area (Å²) in [6.07, 6.45) is 0. The number of hydrogen-bond donors (Lipinski definition) is 1. The standard InChI is InChI=1S/C11H7N3O2S2/c15-18-11-14-13-9(16-11)8-6-17-10(12-8)7-4-2-1-3-5-7/h1-6,14H. The van der Waals surface area contributed by atoms with Crippen LogP contribution in [0.15, 0.2) is 40.1 Å². The molecule has 0 atom stereocenters. The van der Waals surface area contributed by atoms with Crippen LogP contribution in [0.3, 0.4) is 0 Å². The van der Waals surface area contributed by atoms with E-state index in [9.17, 15) is 4.21 Å². The molecule has 2 heterocycles. The zero-order valence-corrected chi connectivity index (χ0v) is 10.6. The summed E-state index contributed by atoms with van der Waals surface area (Å²) >= 11 is 1.73. The Balaban J connectivity index is 2.02. The van der Waals surface area contributed by atoms with E-state index in [1.165, 1.54) is 11.3 Å². The van der Waals surface area contributed by atoms with Crippen molar-refractivity contribution >= 4 is 22.6 Å². The van der Waals surface area contributed by atoms with E-state index in [0.717, 1.165) is 10.6 Å². The fourth-order valence-corrected chi connectivity index (χ4v) is 2.46. The monoisotopic (exact) mass is 277 g/mol. The van der Waals surface area contributed by atoms with Gasteiger partial charge in [-0.3, -0.25) is 0 Å². The van der Waals surface area contributed by atoms with Crippen LogP contribution in [0.4, 0.5) is 0 Å². The lowest BCUT2D eigenvalue weighted by Crippen LogP contribution is -1.79. The molecule has 0 radical (unpaired) electrons. The van der Waals surface area contributed by atoms with Gasteiger partial charge in [0, 0.05) is 10.9 Å². The van der Waals surface area contributed by atoms with Crippen molar-refractivity contribution in [2.24, 2.45) is 0 Å². The predicted octanol–water partition coefficient (Wildman–Crippen LogP) is 2.54. The average molecular weight is 277 g/mol. The highest BCUT2D eigenvalue weighted by Gasteiger charge is 2.10. The van der Waals surface area contributed by atoms with Crippen molar-refractivity contribution in [1.82, 2.24) is 15.2 Å². The largest absolute Gasteiger partial charge is 0.406 e. The quantitative estimate of drug-likeness (QED) is 0.731. The van der Waals surface area contributed by atoms with Gasteiger partial charge in [-0.15, -0.1) is 16.4 Å². The van der Waals surface area contributed by atoms with E-state index >= 15 is 0 Å². The molecule has 0 aliphatic carbocycles. The van der Waals surface area contributed by atoms with Gasteiger partial charge >= 0.3 is 4.84 Å². The molecule has 3 rings (SSSR count). The number of hydrogen-bond acceptors (Lipinski definition) is 5. The SMILES string of the molecule is O=S=c1[nH]nc(-c2csc(-c3ccccc3)n2)o1. The summed E-state index contributed by atoms with van der Waals surface area (Å²) in [5.41, 5.74) is 1.66. The molecule has 0 saturated carbocycles. The van der Waals surface area contributed by atoms with E-state index in [2.05, 4.69) is 15.2 Å². The molecule has 0 saturated heterocycles. The van der Waals surface area contributed by atoms with Gasteiger partial charge in [0.1, 0.15) is 10.7 Å². The number of rotatable bonds is 2. The molecule has 0 amide bonds. The Labute approximate surface area is 109 Å². The van der Waals surface area contributed by atoms with Gasteiger partial charge in [0.25, 0.3) is 5.89 Å². The van der Waals surface area contributed by atoms with E-state index < -0.39 is 0 Å². The van der Waals surface area contributed by atoms with Crippen molar-refractivity contribution in [3.63, 3.8) is 0 Å². The highest BCUT2D eigenvalue weighted by molar-refractivity contribution is 7.56. The lowest BCUT2D eigenvalue weighted by molar-refractivity contribution is 0.546. The van der Waals surface area contributed by atoms with Gasteiger partial charge in [0.05, 0.1) is 0 Å². The lowest BCUT2D eigenvalue weighted by Gasteiger charge is -1.92. The van der Waals surface area contributed by atoms with E-state index in [1.807, 2.05) is 35.7 Å². The van der Waals surface area contributed by atoms with Gasteiger partial charge in [0.2, 0.25) is 0 Å². The Morgan fingerprint density at radius 2 is 2.11 bits per heavy atom. The van der Waals surface area contributed by atoms with Crippen molar-refractivity contribution in [1.29, 1.82) is 0 Å². The Morgan fingerprint density at radius 1 is 1.28 bits per heavy atom. The molecule has 7 heteroatoms. The maximum absolute atomic E-state index is 10.5. The number of thiazole rings is 1. The second-order valence-corrected chi connectivity index (χ2v) is 4.80. The topological polar surface area (TPSA) is 71.8 Å². The van der Waals surface area contributed by atoms with Gasteiger partial charge in [0.15, 0.2) is 11.3 Å². The van der Waals surface area contributed by atoms with E-state index in [0.29, 0.717) is 11.6 Å². The molecule has 90 valence electrons. The van der Waals surface area contributed by atoms with Crippen LogP contribution in [-0.4, -0.2) is 19.4 Å². The Hall–Kier alpha value is -1.99. The molecule has 0 unspecified atom stereocenters. The molecule has 1 N–H and O–H groups in total. The van der Waals surface area contributed by atoms with Gasteiger partial charge < -0.3 is 4.42 Å². The minimum Gasteiger partial charge on any atom is -0.406 e. The van der Waals surface area contributed by atoms with E-state index in [4.69, 9.17) is 4.42 Å². The van der Waals surface area contributed by atoms with Gasteiger partial charge in [-0.05, 0) is 0 Å². The van der Waals surface area contributed by atoms with Gasteiger partial charge in [-0.1, -0.05) is 30.3 Å². The van der Waals surface area contributed by atoms with Crippen molar-refractivity contribution in [3.05, 3.63) is 40.5 Å². The molecule has 0 aliphatic rings. The molecule has 0 aliphatic heterocycles. The molecule has 5 nitrogen and oxygen atoms in total. The average Bonchev–Trinajstić information content (AvgIpc) is 3.08. The third-order valence-electron chi connectivity index (χ3n) is 2.26. The van der Waals surface area contributed by atoms with E-state index in [1.54, 1.807) is 0 Å². The summed E-state index contributed by atoms with van der Waals surface area (Å²) < 4.78 is 15.7. The highest BCUT2D eigenvalue weighted by Crippen LogP contribution is 2.27. The minimum absolute atomic E-state index is 0.124. The normalized spacial score (nSPS) is 10.4. The van der Waals surface area contributed by atoms with Crippen LogP contribution in [0.2, 0.25) is 0 Å². The summed E-state index contributed by atoms with van der Waals surface area (Å²) in [6, 6.07) is 9.86. The number of H-pyrrole nitrogens is 1. The van der Waals surface area contributed by atoms with Gasteiger partial charge in [-0.2, -0.15) is 0 Å².